The van der Waals surface area contributed by atoms with Crippen molar-refractivity contribution < 1.29 is 33.4 Å². The first kappa shape index (κ1) is 21.4. The van der Waals surface area contributed by atoms with E-state index in [9.17, 15) is 23.6 Å². The van der Waals surface area contributed by atoms with Gasteiger partial charge in [-0.3, -0.25) is 14.4 Å². The Bertz CT molecular complexity index is 1100. The summed E-state index contributed by atoms with van der Waals surface area (Å²) in [6.07, 6.45) is 0.205. The summed E-state index contributed by atoms with van der Waals surface area (Å²) in [5.41, 5.74) is 1.42. The number of carboxylic acids is 1. The van der Waals surface area contributed by atoms with Crippen LogP contribution >= 0.6 is 0 Å². The summed E-state index contributed by atoms with van der Waals surface area (Å²) in [6, 6.07) is 9.69. The molecule has 3 N–H and O–H groups in total. The summed E-state index contributed by atoms with van der Waals surface area (Å²) in [5.74, 6) is -2.94. The highest BCUT2D eigenvalue weighted by atomic mass is 19.1. The molecule has 32 heavy (non-hydrogen) atoms. The van der Waals surface area contributed by atoms with Gasteiger partial charge in [-0.25, -0.2) is 9.18 Å². The number of halogens is 1. The van der Waals surface area contributed by atoms with Crippen LogP contribution in [0.1, 0.15) is 16.8 Å². The lowest BCUT2D eigenvalue weighted by atomic mass is 10.0. The van der Waals surface area contributed by atoms with Crippen molar-refractivity contribution in [3.05, 3.63) is 53.8 Å². The van der Waals surface area contributed by atoms with Gasteiger partial charge in [-0.05, 0) is 30.2 Å². The van der Waals surface area contributed by atoms with Crippen molar-refractivity contribution in [1.82, 2.24) is 10.2 Å². The van der Waals surface area contributed by atoms with Crippen molar-refractivity contribution in [2.45, 2.75) is 18.5 Å². The van der Waals surface area contributed by atoms with Gasteiger partial charge in [0.15, 0.2) is 0 Å². The lowest BCUT2D eigenvalue weighted by Gasteiger charge is -2.20. The van der Waals surface area contributed by atoms with Crippen molar-refractivity contribution in [3.8, 4) is 11.1 Å². The Kier molecular flexibility index (Phi) is 5.87. The molecule has 0 aromatic heterocycles. The maximum absolute atomic E-state index is 14.2. The minimum atomic E-state index is -1.19. The number of hydrogen-bond acceptors (Lipinski definition) is 5. The van der Waals surface area contributed by atoms with Gasteiger partial charge >= 0.3 is 5.97 Å². The standard InChI is InChI=1S/C22H20FN3O6/c23-16-4-2-1-3-14(16)12-5-6-17-15(7-12)22(31)26-9-13(8-18(26)21(30)25-17)24-19(27)10-32-11-20(28)29/h1-7,13,18H,8-11H2,(H,24,27)(H,25,30)(H,28,29). The number of hydrogen-bond donors (Lipinski definition) is 3. The number of anilines is 1. The highest BCUT2D eigenvalue weighted by Crippen LogP contribution is 2.32. The minimum Gasteiger partial charge on any atom is -0.480 e. The van der Waals surface area contributed by atoms with Crippen LogP contribution in [0.5, 0.6) is 0 Å². The van der Waals surface area contributed by atoms with Crippen LogP contribution in [-0.4, -0.2) is 65.5 Å². The summed E-state index contributed by atoms with van der Waals surface area (Å²) in [5, 5.41) is 14.0. The molecule has 0 saturated carbocycles. The first-order chi connectivity index (χ1) is 15.3. The fourth-order valence-electron chi connectivity index (χ4n) is 3.98. The zero-order valence-electron chi connectivity index (χ0n) is 16.8. The van der Waals surface area contributed by atoms with Crippen molar-refractivity contribution in [1.29, 1.82) is 0 Å². The van der Waals surface area contributed by atoms with E-state index in [-0.39, 0.29) is 24.4 Å². The fraction of sp³-hybridized carbons (Fsp3) is 0.273. The molecule has 2 unspecified atom stereocenters. The van der Waals surface area contributed by atoms with E-state index < -0.39 is 48.9 Å². The molecule has 2 aromatic rings. The second kappa shape index (κ2) is 8.75. The van der Waals surface area contributed by atoms with Crippen LogP contribution in [0.25, 0.3) is 11.1 Å². The van der Waals surface area contributed by atoms with Crippen LogP contribution in [0.15, 0.2) is 42.5 Å². The molecule has 166 valence electrons. The Morgan fingerprint density at radius 2 is 1.94 bits per heavy atom. The fourth-order valence-corrected chi connectivity index (χ4v) is 3.98. The van der Waals surface area contributed by atoms with Crippen molar-refractivity contribution in [2.75, 3.05) is 25.1 Å². The highest BCUT2D eigenvalue weighted by molar-refractivity contribution is 6.10. The molecular formula is C22H20FN3O6. The van der Waals surface area contributed by atoms with Gasteiger partial charge in [-0.1, -0.05) is 24.3 Å². The van der Waals surface area contributed by atoms with Gasteiger partial charge in [0.05, 0.1) is 11.3 Å². The Labute approximate surface area is 182 Å². The third-order valence-corrected chi connectivity index (χ3v) is 5.38. The molecule has 0 bridgehead atoms. The van der Waals surface area contributed by atoms with Crippen LogP contribution in [-0.2, 0) is 19.1 Å². The number of carbonyl (C=O) groups is 4. The van der Waals surface area contributed by atoms with E-state index in [4.69, 9.17) is 9.84 Å². The number of fused-ring (bicyclic) bond motifs is 2. The van der Waals surface area contributed by atoms with E-state index >= 15 is 0 Å². The van der Waals surface area contributed by atoms with Gasteiger partial charge in [-0.2, -0.15) is 0 Å². The average Bonchev–Trinajstić information content (AvgIpc) is 3.14. The van der Waals surface area contributed by atoms with E-state index in [0.717, 1.165) is 0 Å². The van der Waals surface area contributed by atoms with Gasteiger partial charge < -0.3 is 25.4 Å². The van der Waals surface area contributed by atoms with E-state index in [1.165, 1.54) is 11.0 Å². The zero-order chi connectivity index (χ0) is 22.8. The average molecular weight is 441 g/mol. The van der Waals surface area contributed by atoms with E-state index in [2.05, 4.69) is 10.6 Å². The largest absolute Gasteiger partial charge is 0.480 e. The number of aliphatic carboxylic acids is 1. The highest BCUT2D eigenvalue weighted by Gasteiger charge is 2.43. The molecule has 2 aliphatic rings. The lowest BCUT2D eigenvalue weighted by molar-refractivity contribution is -0.143. The van der Waals surface area contributed by atoms with Crippen LogP contribution in [0.3, 0.4) is 0 Å². The molecule has 2 atom stereocenters. The molecule has 2 aromatic carbocycles. The topological polar surface area (TPSA) is 125 Å². The number of carboxylic acid groups (broad SMARTS) is 1. The van der Waals surface area contributed by atoms with Crippen molar-refractivity contribution in [3.63, 3.8) is 0 Å². The van der Waals surface area contributed by atoms with Gasteiger partial charge in [-0.15, -0.1) is 0 Å². The SMILES string of the molecule is O=C(O)COCC(=O)NC1CC2C(=O)Nc3ccc(-c4ccccc4F)cc3C(=O)N2C1. The number of ether oxygens (including phenoxy) is 1. The third kappa shape index (κ3) is 4.30. The summed E-state index contributed by atoms with van der Waals surface area (Å²) in [4.78, 5) is 49.8. The molecule has 2 heterocycles. The van der Waals surface area contributed by atoms with E-state index in [1.54, 1.807) is 36.4 Å². The molecule has 1 saturated heterocycles. The third-order valence-electron chi connectivity index (χ3n) is 5.38. The van der Waals surface area contributed by atoms with Crippen molar-refractivity contribution >= 4 is 29.4 Å². The quantitative estimate of drug-likeness (QED) is 0.620. The summed E-state index contributed by atoms with van der Waals surface area (Å²) < 4.78 is 19.0. The summed E-state index contributed by atoms with van der Waals surface area (Å²) in [7, 11) is 0. The predicted molar refractivity (Wildman–Crippen MR) is 110 cm³/mol. The van der Waals surface area contributed by atoms with Gasteiger partial charge in [0.1, 0.15) is 25.1 Å². The van der Waals surface area contributed by atoms with Gasteiger partial charge in [0.25, 0.3) is 5.91 Å². The van der Waals surface area contributed by atoms with Crippen LogP contribution in [0.2, 0.25) is 0 Å². The van der Waals surface area contributed by atoms with Crippen LogP contribution in [0, 0.1) is 5.82 Å². The van der Waals surface area contributed by atoms with Gasteiger partial charge in [0.2, 0.25) is 11.8 Å². The Balaban J connectivity index is 1.52. The van der Waals surface area contributed by atoms with Gasteiger partial charge in [0, 0.05) is 18.2 Å². The number of nitrogens with one attached hydrogen (secondary N) is 2. The summed E-state index contributed by atoms with van der Waals surface area (Å²) >= 11 is 0. The zero-order valence-corrected chi connectivity index (χ0v) is 16.8. The molecule has 0 aliphatic carbocycles. The Morgan fingerprint density at radius 3 is 2.69 bits per heavy atom. The first-order valence-electron chi connectivity index (χ1n) is 9.93. The van der Waals surface area contributed by atoms with E-state index in [0.29, 0.717) is 16.8 Å². The molecule has 1 fully saturated rings. The predicted octanol–water partition coefficient (Wildman–Crippen LogP) is 1.25. The molecular weight excluding hydrogens is 421 g/mol. The summed E-state index contributed by atoms with van der Waals surface area (Å²) in [6.45, 7) is -0.942. The molecule has 2 aliphatic heterocycles. The van der Waals surface area contributed by atoms with E-state index in [1.807, 2.05) is 0 Å². The normalized spacial score (nSPS) is 19.6. The lowest BCUT2D eigenvalue weighted by Crippen LogP contribution is -2.41. The molecule has 9 nitrogen and oxygen atoms in total. The van der Waals surface area contributed by atoms with Crippen LogP contribution < -0.4 is 10.6 Å². The second-order valence-corrected chi connectivity index (χ2v) is 7.59. The maximum atomic E-state index is 14.2. The number of rotatable bonds is 6. The molecule has 0 radical (unpaired) electrons. The maximum Gasteiger partial charge on any atom is 0.329 e. The molecule has 10 heteroatoms. The van der Waals surface area contributed by atoms with Crippen LogP contribution in [0.4, 0.5) is 10.1 Å². The monoisotopic (exact) mass is 441 g/mol. The number of benzene rings is 2. The molecule has 4 rings (SSSR count). The number of amides is 3. The molecule has 3 amide bonds. The Morgan fingerprint density at radius 1 is 1.16 bits per heavy atom. The van der Waals surface area contributed by atoms with Crippen molar-refractivity contribution in [2.24, 2.45) is 0 Å². The number of nitrogens with zero attached hydrogens (tertiary/aromatic N) is 1. The minimum absolute atomic E-state index is 0.102. The number of carbonyl (C=O) groups excluding carboxylic acids is 3. The molecule has 0 spiro atoms. The first-order valence-corrected chi connectivity index (χ1v) is 9.93. The Hall–Kier alpha value is -3.79. The smallest absolute Gasteiger partial charge is 0.329 e. The second-order valence-electron chi connectivity index (χ2n) is 7.59.